The summed E-state index contributed by atoms with van der Waals surface area (Å²) in [5.74, 6) is 2.12. The highest BCUT2D eigenvalue weighted by Gasteiger charge is 2.55. The van der Waals surface area contributed by atoms with Gasteiger partial charge in [-0.15, -0.1) is 0 Å². The fourth-order valence-electron chi connectivity index (χ4n) is 4.66. The van der Waals surface area contributed by atoms with Crippen molar-refractivity contribution in [1.82, 2.24) is 9.80 Å². The number of likely N-dealkylation sites (tertiary alicyclic amines) is 1. The number of ether oxygens (including phenoxy) is 1. The minimum Gasteiger partial charge on any atom is -0.465 e. The van der Waals surface area contributed by atoms with Gasteiger partial charge in [0.25, 0.3) is 0 Å². The molecule has 0 aromatic heterocycles. The fraction of sp³-hybridized carbons (Fsp3) is 0.938. The van der Waals surface area contributed by atoms with Gasteiger partial charge in [-0.3, -0.25) is 14.6 Å². The highest BCUT2D eigenvalue weighted by molar-refractivity contribution is 5.77. The van der Waals surface area contributed by atoms with Gasteiger partial charge in [-0.25, -0.2) is 0 Å². The Balaban J connectivity index is 1.83. The van der Waals surface area contributed by atoms with E-state index in [0.717, 1.165) is 19.0 Å². The minimum atomic E-state index is -0.0227. The Morgan fingerprint density at radius 3 is 2.60 bits per heavy atom. The lowest BCUT2D eigenvalue weighted by Crippen LogP contribution is -2.59. The maximum atomic E-state index is 12.5. The van der Waals surface area contributed by atoms with E-state index >= 15 is 0 Å². The Morgan fingerprint density at radius 2 is 2.00 bits per heavy atom. The number of carbonyl (C=O) groups is 1. The number of rotatable bonds is 4. The maximum absolute atomic E-state index is 12.5. The first kappa shape index (κ1) is 14.3. The highest BCUT2D eigenvalue weighted by atomic mass is 16.5. The van der Waals surface area contributed by atoms with Gasteiger partial charge in [-0.05, 0) is 50.6 Å². The van der Waals surface area contributed by atoms with Crippen molar-refractivity contribution in [3.05, 3.63) is 0 Å². The summed E-state index contributed by atoms with van der Waals surface area (Å²) in [4.78, 5) is 17.5. The molecule has 4 heterocycles. The average molecular weight is 280 g/mol. The van der Waals surface area contributed by atoms with Crippen molar-refractivity contribution < 1.29 is 9.53 Å². The van der Waals surface area contributed by atoms with Crippen molar-refractivity contribution >= 4 is 5.97 Å². The lowest BCUT2D eigenvalue weighted by atomic mass is 9.74. The van der Waals surface area contributed by atoms with Crippen LogP contribution in [0.4, 0.5) is 0 Å². The summed E-state index contributed by atoms with van der Waals surface area (Å²) in [5, 5.41) is 0. The predicted octanol–water partition coefficient (Wildman–Crippen LogP) is 1.60. The van der Waals surface area contributed by atoms with Gasteiger partial charge in [0.1, 0.15) is 6.04 Å². The predicted molar refractivity (Wildman–Crippen MR) is 78.4 cm³/mol. The van der Waals surface area contributed by atoms with Gasteiger partial charge >= 0.3 is 5.97 Å². The van der Waals surface area contributed by atoms with Crippen LogP contribution < -0.4 is 0 Å². The standard InChI is InChI=1S/C16H28N2O2/c1-4-20-16(19)15-14-13(10-18(15)9-11(2)3)12-5-7-17(14)8-6-12/h11-15H,4-10H2,1-3H3. The lowest BCUT2D eigenvalue weighted by Gasteiger charge is -2.49. The third-order valence-corrected chi connectivity index (χ3v) is 5.33. The Kier molecular flexibility index (Phi) is 4.04. The van der Waals surface area contributed by atoms with E-state index in [1.54, 1.807) is 0 Å². The summed E-state index contributed by atoms with van der Waals surface area (Å²) >= 11 is 0. The molecule has 4 aliphatic rings. The lowest BCUT2D eigenvalue weighted by molar-refractivity contribution is -0.151. The van der Waals surface area contributed by atoms with Crippen molar-refractivity contribution in [3.8, 4) is 0 Å². The Morgan fingerprint density at radius 1 is 1.30 bits per heavy atom. The summed E-state index contributed by atoms with van der Waals surface area (Å²) in [6, 6.07) is 0.394. The van der Waals surface area contributed by atoms with E-state index in [-0.39, 0.29) is 12.0 Å². The molecule has 4 rings (SSSR count). The van der Waals surface area contributed by atoms with E-state index in [1.165, 1.54) is 25.9 Å². The molecular formula is C16H28N2O2. The van der Waals surface area contributed by atoms with Crippen LogP contribution in [0.25, 0.3) is 0 Å². The summed E-state index contributed by atoms with van der Waals surface area (Å²) < 4.78 is 5.39. The number of fused-ring (bicyclic) bond motifs is 2. The number of piperidine rings is 3. The molecule has 0 amide bonds. The first-order chi connectivity index (χ1) is 9.61. The van der Waals surface area contributed by atoms with Gasteiger partial charge in [0.15, 0.2) is 0 Å². The quantitative estimate of drug-likeness (QED) is 0.732. The summed E-state index contributed by atoms with van der Waals surface area (Å²) in [7, 11) is 0. The zero-order chi connectivity index (χ0) is 14.3. The number of carbonyl (C=O) groups excluding carboxylic acids is 1. The molecule has 4 heteroatoms. The minimum absolute atomic E-state index is 0.00759. The topological polar surface area (TPSA) is 32.8 Å². The van der Waals surface area contributed by atoms with Crippen molar-refractivity contribution in [1.29, 1.82) is 0 Å². The first-order valence-electron chi connectivity index (χ1n) is 8.26. The average Bonchev–Trinajstić information content (AvgIpc) is 2.80. The molecule has 3 atom stereocenters. The summed E-state index contributed by atoms with van der Waals surface area (Å²) in [6.07, 6.45) is 2.65. The van der Waals surface area contributed by atoms with Gasteiger partial charge in [-0.2, -0.15) is 0 Å². The molecule has 2 bridgehead atoms. The molecule has 4 aliphatic heterocycles. The van der Waals surface area contributed by atoms with Crippen LogP contribution in [-0.4, -0.2) is 60.6 Å². The molecule has 3 unspecified atom stereocenters. The van der Waals surface area contributed by atoms with Crippen LogP contribution in [0.5, 0.6) is 0 Å². The molecule has 0 saturated carbocycles. The Labute approximate surface area is 122 Å². The van der Waals surface area contributed by atoms with Crippen LogP contribution in [-0.2, 0) is 9.53 Å². The third-order valence-electron chi connectivity index (χ3n) is 5.33. The van der Waals surface area contributed by atoms with Gasteiger partial charge in [0.05, 0.1) is 6.61 Å². The van der Waals surface area contributed by atoms with Gasteiger partial charge in [0, 0.05) is 19.1 Å². The molecule has 0 aliphatic carbocycles. The van der Waals surface area contributed by atoms with Crippen LogP contribution in [0.2, 0.25) is 0 Å². The molecule has 0 spiro atoms. The second-order valence-electron chi connectivity index (χ2n) is 7.07. The van der Waals surface area contributed by atoms with E-state index in [1.807, 2.05) is 6.92 Å². The Bertz CT molecular complexity index is 363. The van der Waals surface area contributed by atoms with E-state index in [4.69, 9.17) is 4.74 Å². The van der Waals surface area contributed by atoms with Crippen LogP contribution in [0.1, 0.15) is 33.6 Å². The number of hydrogen-bond donors (Lipinski definition) is 0. The SMILES string of the molecule is CCOC(=O)C1C2C(CN1CC(C)C)C1CCN2CC1. The van der Waals surface area contributed by atoms with Crippen LogP contribution in [0, 0.1) is 17.8 Å². The maximum Gasteiger partial charge on any atom is 0.324 e. The second kappa shape index (κ2) is 5.64. The summed E-state index contributed by atoms with van der Waals surface area (Å²) in [5.41, 5.74) is 0. The largest absolute Gasteiger partial charge is 0.465 e. The summed E-state index contributed by atoms with van der Waals surface area (Å²) in [6.45, 7) is 11.3. The second-order valence-corrected chi connectivity index (χ2v) is 7.07. The molecule has 0 N–H and O–H groups in total. The first-order valence-corrected chi connectivity index (χ1v) is 8.26. The monoisotopic (exact) mass is 280 g/mol. The van der Waals surface area contributed by atoms with Gasteiger partial charge < -0.3 is 4.74 Å². The number of hydrogen-bond acceptors (Lipinski definition) is 4. The molecule has 20 heavy (non-hydrogen) atoms. The Hall–Kier alpha value is -0.610. The van der Waals surface area contributed by atoms with E-state index < -0.39 is 0 Å². The van der Waals surface area contributed by atoms with Crippen LogP contribution in [0.15, 0.2) is 0 Å². The molecule has 4 fully saturated rings. The molecule has 0 aromatic carbocycles. The fourth-order valence-corrected chi connectivity index (χ4v) is 4.66. The van der Waals surface area contributed by atoms with E-state index in [9.17, 15) is 4.79 Å². The van der Waals surface area contributed by atoms with E-state index in [0.29, 0.717) is 24.5 Å². The van der Waals surface area contributed by atoms with Crippen LogP contribution >= 0.6 is 0 Å². The number of nitrogens with zero attached hydrogens (tertiary/aromatic N) is 2. The van der Waals surface area contributed by atoms with Crippen molar-refractivity contribution in [3.63, 3.8) is 0 Å². The number of esters is 1. The van der Waals surface area contributed by atoms with Crippen molar-refractivity contribution in [2.45, 2.75) is 45.7 Å². The molecule has 114 valence electrons. The van der Waals surface area contributed by atoms with Crippen LogP contribution in [0.3, 0.4) is 0 Å². The van der Waals surface area contributed by atoms with E-state index in [2.05, 4.69) is 23.6 Å². The normalized spacial score (nSPS) is 40.1. The van der Waals surface area contributed by atoms with Crippen molar-refractivity contribution in [2.75, 3.05) is 32.8 Å². The zero-order valence-electron chi connectivity index (χ0n) is 13.0. The highest BCUT2D eigenvalue weighted by Crippen LogP contribution is 2.44. The van der Waals surface area contributed by atoms with Crippen molar-refractivity contribution in [2.24, 2.45) is 17.8 Å². The van der Waals surface area contributed by atoms with Gasteiger partial charge in [-0.1, -0.05) is 13.8 Å². The molecular weight excluding hydrogens is 252 g/mol. The molecule has 4 nitrogen and oxygen atoms in total. The third kappa shape index (κ3) is 2.37. The molecule has 4 saturated heterocycles. The zero-order valence-corrected chi connectivity index (χ0v) is 13.0. The smallest absolute Gasteiger partial charge is 0.324 e. The molecule has 0 aromatic rings. The van der Waals surface area contributed by atoms with Gasteiger partial charge in [0.2, 0.25) is 0 Å². The molecule has 0 radical (unpaired) electrons.